The van der Waals surface area contributed by atoms with Crippen molar-refractivity contribution in [3.05, 3.63) is 47.2 Å². The topological polar surface area (TPSA) is 61.2 Å². The van der Waals surface area contributed by atoms with Gasteiger partial charge in [-0.3, -0.25) is 4.18 Å². The maximum atomic E-state index is 10.8. The van der Waals surface area contributed by atoms with Crippen molar-refractivity contribution in [2.75, 3.05) is 12.9 Å². The van der Waals surface area contributed by atoms with Crippen LogP contribution in [0.2, 0.25) is 5.02 Å². The van der Waals surface area contributed by atoms with E-state index in [0.717, 1.165) is 17.5 Å². The number of benzene rings is 1. The fourth-order valence-corrected chi connectivity index (χ4v) is 2.13. The first-order valence-corrected chi connectivity index (χ1v) is 7.77. The molecule has 0 saturated heterocycles. The molecule has 0 aliphatic carbocycles. The van der Waals surface area contributed by atoms with Crippen molar-refractivity contribution in [3.8, 4) is 5.69 Å². The summed E-state index contributed by atoms with van der Waals surface area (Å²) in [7, 11) is -3.39. The van der Waals surface area contributed by atoms with E-state index >= 15 is 0 Å². The van der Waals surface area contributed by atoms with Crippen LogP contribution in [0.5, 0.6) is 0 Å². The Morgan fingerprint density at radius 3 is 2.89 bits per heavy atom. The Morgan fingerprint density at radius 2 is 2.21 bits per heavy atom. The van der Waals surface area contributed by atoms with Crippen molar-refractivity contribution in [2.24, 2.45) is 0 Å². The maximum Gasteiger partial charge on any atom is 0.264 e. The summed E-state index contributed by atoms with van der Waals surface area (Å²) in [6, 6.07) is 7.31. The molecule has 1 aromatic carbocycles. The second-order valence-corrected chi connectivity index (χ2v) is 6.13. The lowest BCUT2D eigenvalue weighted by molar-refractivity contribution is 0.326. The highest BCUT2D eigenvalue weighted by Gasteiger charge is 2.04. The highest BCUT2D eigenvalue weighted by molar-refractivity contribution is 7.85. The van der Waals surface area contributed by atoms with Crippen molar-refractivity contribution in [1.82, 2.24) is 9.78 Å². The summed E-state index contributed by atoms with van der Waals surface area (Å²) in [4.78, 5) is 0. The van der Waals surface area contributed by atoms with Crippen LogP contribution in [0.1, 0.15) is 5.56 Å². The quantitative estimate of drug-likeness (QED) is 0.793. The summed E-state index contributed by atoms with van der Waals surface area (Å²) in [5.41, 5.74) is 1.74. The highest BCUT2D eigenvalue weighted by Crippen LogP contribution is 2.14. The van der Waals surface area contributed by atoms with E-state index in [0.29, 0.717) is 11.4 Å². The van der Waals surface area contributed by atoms with E-state index in [4.69, 9.17) is 11.6 Å². The number of aromatic nitrogens is 2. The number of nitrogens with zero attached hydrogens (tertiary/aromatic N) is 2. The molecule has 7 heteroatoms. The first-order valence-electron chi connectivity index (χ1n) is 5.58. The Hall–Kier alpha value is -1.37. The summed E-state index contributed by atoms with van der Waals surface area (Å²) in [6.45, 7) is 0.111. The van der Waals surface area contributed by atoms with Gasteiger partial charge >= 0.3 is 0 Å². The molecule has 0 unspecified atom stereocenters. The molecule has 19 heavy (non-hydrogen) atoms. The molecule has 5 nitrogen and oxygen atoms in total. The number of hydrogen-bond acceptors (Lipinski definition) is 4. The van der Waals surface area contributed by atoms with E-state index in [-0.39, 0.29) is 6.61 Å². The van der Waals surface area contributed by atoms with Gasteiger partial charge in [0.05, 0.1) is 24.7 Å². The van der Waals surface area contributed by atoms with Crippen molar-refractivity contribution >= 4 is 21.7 Å². The average molecular weight is 301 g/mol. The normalized spacial score (nSPS) is 11.7. The molecule has 0 radical (unpaired) electrons. The van der Waals surface area contributed by atoms with Gasteiger partial charge in [-0.1, -0.05) is 17.7 Å². The van der Waals surface area contributed by atoms with E-state index in [1.165, 1.54) is 0 Å². The van der Waals surface area contributed by atoms with E-state index in [1.54, 1.807) is 23.0 Å². The van der Waals surface area contributed by atoms with Crippen LogP contribution in [0.15, 0.2) is 36.7 Å². The van der Waals surface area contributed by atoms with Gasteiger partial charge in [0.15, 0.2) is 0 Å². The highest BCUT2D eigenvalue weighted by atomic mass is 35.5. The van der Waals surface area contributed by atoms with Crippen LogP contribution in [-0.2, 0) is 20.7 Å². The minimum Gasteiger partial charge on any atom is -0.270 e. The summed E-state index contributed by atoms with van der Waals surface area (Å²) < 4.78 is 28.0. The van der Waals surface area contributed by atoms with Gasteiger partial charge < -0.3 is 0 Å². The molecule has 0 aliphatic heterocycles. The van der Waals surface area contributed by atoms with Crippen molar-refractivity contribution in [1.29, 1.82) is 0 Å². The zero-order valence-electron chi connectivity index (χ0n) is 10.3. The molecule has 0 bridgehead atoms. The van der Waals surface area contributed by atoms with Crippen molar-refractivity contribution in [3.63, 3.8) is 0 Å². The Balaban J connectivity index is 2.03. The molecular formula is C12H13ClN2O3S. The lowest BCUT2D eigenvalue weighted by Crippen LogP contribution is -2.05. The molecule has 0 fully saturated rings. The van der Waals surface area contributed by atoms with E-state index in [2.05, 4.69) is 9.28 Å². The first-order chi connectivity index (χ1) is 8.94. The van der Waals surface area contributed by atoms with Crippen LogP contribution >= 0.6 is 11.6 Å². The Labute approximate surface area is 116 Å². The van der Waals surface area contributed by atoms with Crippen LogP contribution in [0.3, 0.4) is 0 Å². The predicted molar refractivity (Wildman–Crippen MR) is 73.1 cm³/mol. The van der Waals surface area contributed by atoms with E-state index in [1.807, 2.05) is 18.3 Å². The van der Waals surface area contributed by atoms with Gasteiger partial charge in [0.1, 0.15) is 0 Å². The standard InChI is InChI=1S/C12H13ClN2O3S/c1-19(16,17)18-6-5-10-8-14-15(9-10)12-4-2-3-11(13)7-12/h2-4,7-9H,5-6H2,1H3. The zero-order chi connectivity index (χ0) is 13.9. The molecule has 0 atom stereocenters. The molecule has 0 aliphatic rings. The number of rotatable bonds is 5. The van der Waals surface area contributed by atoms with E-state index < -0.39 is 10.1 Å². The summed E-state index contributed by atoms with van der Waals surface area (Å²) >= 11 is 5.91. The van der Waals surface area contributed by atoms with Gasteiger partial charge in [0.2, 0.25) is 0 Å². The molecule has 102 valence electrons. The van der Waals surface area contributed by atoms with Gasteiger partial charge in [0.25, 0.3) is 10.1 Å². The molecule has 1 heterocycles. The number of halogens is 1. The third kappa shape index (κ3) is 4.34. The summed E-state index contributed by atoms with van der Waals surface area (Å²) in [6.07, 6.45) is 5.00. The van der Waals surface area contributed by atoms with Crippen LogP contribution in [0, 0.1) is 0 Å². The minimum absolute atomic E-state index is 0.111. The predicted octanol–water partition coefficient (Wildman–Crippen LogP) is 2.04. The smallest absolute Gasteiger partial charge is 0.264 e. The summed E-state index contributed by atoms with van der Waals surface area (Å²) in [5.74, 6) is 0. The second-order valence-electron chi connectivity index (χ2n) is 4.05. The molecule has 2 rings (SSSR count). The van der Waals surface area contributed by atoms with Crippen molar-refractivity contribution < 1.29 is 12.6 Å². The van der Waals surface area contributed by atoms with Gasteiger partial charge in [-0.2, -0.15) is 13.5 Å². The Morgan fingerprint density at radius 1 is 1.42 bits per heavy atom. The monoisotopic (exact) mass is 300 g/mol. The van der Waals surface area contributed by atoms with Crippen LogP contribution in [0.25, 0.3) is 5.69 Å². The molecule has 0 amide bonds. The van der Waals surface area contributed by atoms with Crippen LogP contribution in [0.4, 0.5) is 0 Å². The summed E-state index contributed by atoms with van der Waals surface area (Å²) in [5, 5.41) is 4.83. The average Bonchev–Trinajstić information content (AvgIpc) is 2.76. The maximum absolute atomic E-state index is 10.8. The largest absolute Gasteiger partial charge is 0.270 e. The third-order valence-electron chi connectivity index (χ3n) is 2.40. The number of hydrogen-bond donors (Lipinski definition) is 0. The third-order valence-corrected chi connectivity index (χ3v) is 3.23. The molecule has 2 aromatic rings. The Bertz CT molecular complexity index is 667. The fraction of sp³-hybridized carbons (Fsp3) is 0.250. The van der Waals surface area contributed by atoms with Gasteiger partial charge in [-0.15, -0.1) is 0 Å². The second kappa shape index (κ2) is 5.73. The zero-order valence-corrected chi connectivity index (χ0v) is 11.9. The molecule has 0 spiro atoms. The van der Waals surface area contributed by atoms with Gasteiger partial charge in [-0.05, 0) is 23.8 Å². The van der Waals surface area contributed by atoms with Crippen molar-refractivity contribution in [2.45, 2.75) is 6.42 Å². The fourth-order valence-electron chi connectivity index (χ4n) is 1.56. The van der Waals surface area contributed by atoms with Crippen LogP contribution < -0.4 is 0 Å². The van der Waals surface area contributed by atoms with Gasteiger partial charge in [0, 0.05) is 17.6 Å². The lowest BCUT2D eigenvalue weighted by Gasteiger charge is -2.01. The Kier molecular flexibility index (Phi) is 4.24. The molecular weight excluding hydrogens is 288 g/mol. The van der Waals surface area contributed by atoms with Crippen LogP contribution in [-0.4, -0.2) is 31.1 Å². The minimum atomic E-state index is -3.39. The molecule has 1 aromatic heterocycles. The first kappa shape index (κ1) is 14.0. The van der Waals surface area contributed by atoms with E-state index in [9.17, 15) is 8.42 Å². The SMILES string of the molecule is CS(=O)(=O)OCCc1cnn(-c2cccc(Cl)c2)c1. The lowest BCUT2D eigenvalue weighted by atomic mass is 10.3. The molecule has 0 saturated carbocycles. The van der Waals surface area contributed by atoms with Gasteiger partial charge in [-0.25, -0.2) is 4.68 Å². The molecule has 0 N–H and O–H groups in total.